The minimum Gasteiger partial charge on any atom is -0.294 e. The number of hydrogen-bond acceptors (Lipinski definition) is 3. The molecule has 4 aromatic carbocycles. The molecule has 4 aromatic rings. The van der Waals surface area contributed by atoms with Crippen LogP contribution in [0.5, 0.6) is 0 Å². The van der Waals surface area contributed by atoms with Crippen LogP contribution in [0.15, 0.2) is 119 Å². The first-order chi connectivity index (χ1) is 15.9. The Labute approximate surface area is 207 Å². The van der Waals surface area contributed by atoms with Gasteiger partial charge in [0.25, 0.3) is 0 Å². The molecule has 2 nitrogen and oxygen atoms in total. The van der Waals surface area contributed by atoms with E-state index in [9.17, 15) is 9.59 Å². The first kappa shape index (κ1) is 23.2. The molecule has 0 bridgehead atoms. The Kier molecular flexibility index (Phi) is 7.26. The number of benzene rings is 4. The largest absolute Gasteiger partial charge is 0.294 e. The minimum atomic E-state index is -0.976. The third-order valence-electron chi connectivity index (χ3n) is 5.38. The van der Waals surface area contributed by atoms with Gasteiger partial charge in [-0.1, -0.05) is 113 Å². The second kappa shape index (κ2) is 10.3. The molecule has 0 aliphatic rings. The van der Waals surface area contributed by atoms with Gasteiger partial charge in [-0.05, 0) is 42.3 Å². The van der Waals surface area contributed by atoms with Crippen molar-refractivity contribution in [3.8, 4) is 11.1 Å². The molecule has 0 fully saturated rings. The molecular formula is C29H23BrO2S. The standard InChI is InChI=1S/C29H23BrO2S/c1-29(30,20-27(31)23-14-12-22(13-15-23)21-8-4-2-5-9-21)28(32)24-16-18-26(19-17-24)33-25-10-6-3-7-11-25/h2-19H,20H2,1H3. The Morgan fingerprint density at radius 2 is 1.15 bits per heavy atom. The monoisotopic (exact) mass is 514 g/mol. The summed E-state index contributed by atoms with van der Waals surface area (Å²) in [7, 11) is 0. The summed E-state index contributed by atoms with van der Waals surface area (Å²) in [6, 6.07) is 35.2. The van der Waals surface area contributed by atoms with E-state index in [-0.39, 0.29) is 18.0 Å². The molecule has 33 heavy (non-hydrogen) atoms. The zero-order valence-electron chi connectivity index (χ0n) is 18.2. The Morgan fingerprint density at radius 3 is 1.76 bits per heavy atom. The molecule has 0 heterocycles. The lowest BCUT2D eigenvalue weighted by Crippen LogP contribution is -2.31. The summed E-state index contributed by atoms with van der Waals surface area (Å²) < 4.78 is -0.976. The number of halogens is 1. The van der Waals surface area contributed by atoms with Crippen molar-refractivity contribution in [2.45, 2.75) is 27.5 Å². The Hall–Kier alpha value is -2.95. The van der Waals surface area contributed by atoms with E-state index in [0.717, 1.165) is 20.9 Å². The maximum Gasteiger partial charge on any atom is 0.179 e. The molecule has 0 N–H and O–H groups in total. The molecule has 4 heteroatoms. The molecule has 0 aliphatic heterocycles. The zero-order valence-corrected chi connectivity index (χ0v) is 20.6. The molecule has 0 amide bonds. The summed E-state index contributed by atoms with van der Waals surface area (Å²) in [5.41, 5.74) is 3.34. The summed E-state index contributed by atoms with van der Waals surface area (Å²) in [5, 5.41) is 0. The summed E-state index contributed by atoms with van der Waals surface area (Å²) >= 11 is 5.18. The highest BCUT2D eigenvalue weighted by Gasteiger charge is 2.33. The lowest BCUT2D eigenvalue weighted by atomic mass is 9.91. The molecule has 0 radical (unpaired) electrons. The van der Waals surface area contributed by atoms with Crippen molar-refractivity contribution < 1.29 is 9.59 Å². The van der Waals surface area contributed by atoms with Crippen LogP contribution in [0.3, 0.4) is 0 Å². The molecule has 0 saturated heterocycles. The summed E-state index contributed by atoms with van der Waals surface area (Å²) in [5.74, 6) is -0.174. The van der Waals surface area contributed by atoms with E-state index in [1.54, 1.807) is 18.7 Å². The lowest BCUT2D eigenvalue weighted by Gasteiger charge is -2.20. The van der Waals surface area contributed by atoms with Crippen molar-refractivity contribution in [2.75, 3.05) is 0 Å². The highest BCUT2D eigenvalue weighted by Crippen LogP contribution is 2.32. The summed E-state index contributed by atoms with van der Waals surface area (Å²) in [6.45, 7) is 1.76. The van der Waals surface area contributed by atoms with Gasteiger partial charge in [0.15, 0.2) is 11.6 Å². The van der Waals surface area contributed by atoms with Gasteiger partial charge in [-0.15, -0.1) is 0 Å². The van der Waals surface area contributed by atoms with Gasteiger partial charge in [-0.3, -0.25) is 9.59 Å². The van der Waals surface area contributed by atoms with Crippen molar-refractivity contribution in [3.63, 3.8) is 0 Å². The first-order valence-corrected chi connectivity index (χ1v) is 12.3. The van der Waals surface area contributed by atoms with Crippen molar-refractivity contribution in [3.05, 3.63) is 120 Å². The van der Waals surface area contributed by atoms with Gasteiger partial charge < -0.3 is 0 Å². The predicted molar refractivity (Wildman–Crippen MR) is 139 cm³/mol. The first-order valence-electron chi connectivity index (χ1n) is 10.7. The molecular weight excluding hydrogens is 492 g/mol. The van der Waals surface area contributed by atoms with E-state index in [1.807, 2.05) is 97.1 Å². The van der Waals surface area contributed by atoms with E-state index in [1.165, 1.54) is 0 Å². The maximum atomic E-state index is 13.1. The van der Waals surface area contributed by atoms with Crippen LogP contribution in [0.1, 0.15) is 34.1 Å². The molecule has 0 aromatic heterocycles. The average Bonchev–Trinajstić information content (AvgIpc) is 2.85. The van der Waals surface area contributed by atoms with Gasteiger partial charge >= 0.3 is 0 Å². The molecule has 0 aliphatic carbocycles. The molecule has 1 atom stereocenters. The second-order valence-electron chi connectivity index (χ2n) is 8.01. The van der Waals surface area contributed by atoms with E-state index in [0.29, 0.717) is 11.1 Å². The maximum absolute atomic E-state index is 13.1. The van der Waals surface area contributed by atoms with Crippen molar-refractivity contribution in [1.82, 2.24) is 0 Å². The second-order valence-corrected chi connectivity index (χ2v) is 10.9. The van der Waals surface area contributed by atoms with Gasteiger partial charge in [0.05, 0.1) is 4.32 Å². The number of ketones is 2. The number of Topliss-reactive ketones (excluding diaryl/α,β-unsaturated/α-hetero) is 2. The Bertz CT molecular complexity index is 1230. The molecule has 0 spiro atoms. The average molecular weight is 515 g/mol. The van der Waals surface area contributed by atoms with Crippen LogP contribution in [0.2, 0.25) is 0 Å². The topological polar surface area (TPSA) is 34.1 Å². The van der Waals surface area contributed by atoms with Gasteiger partial charge in [-0.25, -0.2) is 0 Å². The van der Waals surface area contributed by atoms with Gasteiger partial charge in [0, 0.05) is 27.3 Å². The van der Waals surface area contributed by atoms with Crippen LogP contribution >= 0.6 is 27.7 Å². The highest BCUT2D eigenvalue weighted by molar-refractivity contribution is 9.10. The Balaban J connectivity index is 1.42. The highest BCUT2D eigenvalue weighted by atomic mass is 79.9. The van der Waals surface area contributed by atoms with Crippen LogP contribution in [0.4, 0.5) is 0 Å². The Morgan fingerprint density at radius 1 is 0.667 bits per heavy atom. The third-order valence-corrected chi connectivity index (χ3v) is 7.03. The fourth-order valence-electron chi connectivity index (χ4n) is 3.56. The number of hydrogen-bond donors (Lipinski definition) is 0. The number of carbonyl (C=O) groups is 2. The van der Waals surface area contributed by atoms with Crippen LogP contribution in [0, 0.1) is 0 Å². The number of alkyl halides is 1. The normalized spacial score (nSPS) is 12.7. The number of rotatable bonds is 8. The fraction of sp³-hybridized carbons (Fsp3) is 0.103. The van der Waals surface area contributed by atoms with Crippen LogP contribution in [-0.4, -0.2) is 15.9 Å². The fourth-order valence-corrected chi connectivity index (χ4v) is 4.88. The summed E-state index contributed by atoms with van der Waals surface area (Å²) in [6.07, 6.45) is 0.0804. The van der Waals surface area contributed by atoms with E-state index < -0.39 is 4.32 Å². The van der Waals surface area contributed by atoms with Crippen molar-refractivity contribution in [1.29, 1.82) is 0 Å². The van der Waals surface area contributed by atoms with Crippen molar-refractivity contribution in [2.24, 2.45) is 0 Å². The van der Waals surface area contributed by atoms with Crippen LogP contribution in [0.25, 0.3) is 11.1 Å². The molecule has 164 valence electrons. The van der Waals surface area contributed by atoms with E-state index in [4.69, 9.17) is 0 Å². The van der Waals surface area contributed by atoms with E-state index in [2.05, 4.69) is 28.1 Å². The zero-order chi connectivity index (χ0) is 23.3. The SMILES string of the molecule is CC(Br)(CC(=O)c1ccc(-c2ccccc2)cc1)C(=O)c1ccc(Sc2ccccc2)cc1. The minimum absolute atomic E-state index is 0.0708. The van der Waals surface area contributed by atoms with Gasteiger partial charge in [-0.2, -0.15) is 0 Å². The van der Waals surface area contributed by atoms with Crippen LogP contribution < -0.4 is 0 Å². The van der Waals surface area contributed by atoms with Crippen LogP contribution in [-0.2, 0) is 0 Å². The molecule has 1 unspecified atom stereocenters. The third kappa shape index (κ3) is 5.89. The molecule has 0 saturated carbocycles. The lowest BCUT2D eigenvalue weighted by molar-refractivity contribution is 0.0888. The van der Waals surface area contributed by atoms with Gasteiger partial charge in [0.2, 0.25) is 0 Å². The smallest absolute Gasteiger partial charge is 0.179 e. The number of carbonyl (C=O) groups excluding carboxylic acids is 2. The summed E-state index contributed by atoms with van der Waals surface area (Å²) in [4.78, 5) is 28.3. The molecule has 4 rings (SSSR count). The van der Waals surface area contributed by atoms with Crippen molar-refractivity contribution >= 4 is 39.3 Å². The quantitative estimate of drug-likeness (QED) is 0.176. The predicted octanol–water partition coefficient (Wildman–Crippen LogP) is 8.11. The van der Waals surface area contributed by atoms with Gasteiger partial charge in [0.1, 0.15) is 0 Å². The van der Waals surface area contributed by atoms with E-state index >= 15 is 0 Å².